The van der Waals surface area contributed by atoms with E-state index in [4.69, 9.17) is 9.15 Å². The van der Waals surface area contributed by atoms with E-state index in [9.17, 15) is 0 Å². The van der Waals surface area contributed by atoms with Crippen molar-refractivity contribution in [2.24, 2.45) is 0 Å². The van der Waals surface area contributed by atoms with Crippen LogP contribution in [0.4, 0.5) is 5.69 Å². The van der Waals surface area contributed by atoms with Gasteiger partial charge in [0.25, 0.3) is 0 Å². The van der Waals surface area contributed by atoms with Gasteiger partial charge in [0.2, 0.25) is 0 Å². The Morgan fingerprint density at radius 3 is 2.80 bits per heavy atom. The van der Waals surface area contributed by atoms with Gasteiger partial charge in [0.15, 0.2) is 0 Å². The Hall–Kier alpha value is -1.94. The van der Waals surface area contributed by atoms with Crippen LogP contribution in [0.2, 0.25) is 0 Å². The van der Waals surface area contributed by atoms with Crippen molar-refractivity contribution in [3.8, 4) is 5.75 Å². The lowest BCUT2D eigenvalue weighted by Gasteiger charge is -2.21. The van der Waals surface area contributed by atoms with Crippen molar-refractivity contribution in [3.63, 3.8) is 0 Å². The minimum Gasteiger partial charge on any atom is -0.495 e. The molecule has 0 amide bonds. The van der Waals surface area contributed by atoms with Crippen molar-refractivity contribution in [1.29, 1.82) is 0 Å². The van der Waals surface area contributed by atoms with E-state index in [1.807, 2.05) is 37.4 Å². The summed E-state index contributed by atoms with van der Waals surface area (Å²) in [6, 6.07) is 10.0. The molecule has 2 aromatic rings. The van der Waals surface area contributed by atoms with Crippen molar-refractivity contribution >= 4 is 5.69 Å². The highest BCUT2D eigenvalue weighted by Gasteiger charge is 2.12. The number of furan rings is 1. The number of anilines is 1. The van der Waals surface area contributed by atoms with Crippen molar-refractivity contribution in [2.45, 2.75) is 20.0 Å². The molecule has 0 spiro atoms. The van der Waals surface area contributed by atoms with Gasteiger partial charge in [-0.05, 0) is 24.7 Å². The van der Waals surface area contributed by atoms with Crippen LogP contribution in [-0.4, -0.2) is 20.7 Å². The van der Waals surface area contributed by atoms with E-state index in [0.717, 1.165) is 30.3 Å². The van der Waals surface area contributed by atoms with Crippen LogP contribution in [0.5, 0.6) is 5.75 Å². The molecule has 0 saturated heterocycles. The van der Waals surface area contributed by atoms with E-state index in [1.165, 1.54) is 5.56 Å². The first-order chi connectivity index (χ1) is 9.76. The molecule has 1 heterocycles. The van der Waals surface area contributed by atoms with Crippen LogP contribution in [0, 0.1) is 0 Å². The maximum Gasteiger partial charge on any atom is 0.142 e. The largest absolute Gasteiger partial charge is 0.495 e. The highest BCUT2D eigenvalue weighted by Crippen LogP contribution is 2.28. The number of rotatable bonds is 7. The number of methoxy groups -OCH3 is 1. The third kappa shape index (κ3) is 3.33. The van der Waals surface area contributed by atoms with Gasteiger partial charge in [0.1, 0.15) is 11.5 Å². The molecule has 108 valence electrons. The molecule has 0 aliphatic carbocycles. The van der Waals surface area contributed by atoms with Gasteiger partial charge in [0.05, 0.1) is 25.6 Å². The van der Waals surface area contributed by atoms with E-state index in [2.05, 4.69) is 17.1 Å². The lowest BCUT2D eigenvalue weighted by atomic mass is 10.2. The van der Waals surface area contributed by atoms with Crippen LogP contribution in [0.3, 0.4) is 0 Å². The molecule has 0 atom stereocenters. The third-order valence-electron chi connectivity index (χ3n) is 3.28. The molecule has 0 aliphatic heterocycles. The summed E-state index contributed by atoms with van der Waals surface area (Å²) in [6.07, 6.45) is 1.75. The molecule has 0 unspecified atom stereocenters. The highest BCUT2D eigenvalue weighted by molar-refractivity contribution is 5.57. The molecule has 0 bridgehead atoms. The minimum absolute atomic E-state index is 0.716. The lowest BCUT2D eigenvalue weighted by molar-refractivity contribution is 0.414. The van der Waals surface area contributed by atoms with Crippen LogP contribution < -0.4 is 15.0 Å². The minimum atomic E-state index is 0.716. The predicted molar refractivity (Wildman–Crippen MR) is 81.2 cm³/mol. The molecule has 0 radical (unpaired) electrons. The molecular formula is C16H22N2O2. The zero-order valence-electron chi connectivity index (χ0n) is 12.3. The quantitative estimate of drug-likeness (QED) is 0.842. The Bertz CT molecular complexity index is 537. The Morgan fingerprint density at radius 1 is 1.25 bits per heavy atom. The van der Waals surface area contributed by atoms with E-state index in [-0.39, 0.29) is 0 Å². The molecule has 1 aromatic heterocycles. The average molecular weight is 274 g/mol. The second kappa shape index (κ2) is 7.01. The lowest BCUT2D eigenvalue weighted by Crippen LogP contribution is -2.19. The number of para-hydroxylation sites is 2. The molecule has 2 rings (SSSR count). The molecule has 1 aromatic carbocycles. The molecular weight excluding hydrogens is 252 g/mol. The topological polar surface area (TPSA) is 37.6 Å². The smallest absolute Gasteiger partial charge is 0.142 e. The van der Waals surface area contributed by atoms with Crippen molar-refractivity contribution in [1.82, 2.24) is 5.32 Å². The maximum atomic E-state index is 5.60. The van der Waals surface area contributed by atoms with Crippen LogP contribution in [-0.2, 0) is 13.1 Å². The Balaban J connectivity index is 2.11. The van der Waals surface area contributed by atoms with Gasteiger partial charge >= 0.3 is 0 Å². The Labute approximate surface area is 120 Å². The van der Waals surface area contributed by atoms with Crippen molar-refractivity contribution < 1.29 is 9.15 Å². The fourth-order valence-corrected chi connectivity index (χ4v) is 2.17. The van der Waals surface area contributed by atoms with Gasteiger partial charge in [-0.1, -0.05) is 19.1 Å². The summed E-state index contributed by atoms with van der Waals surface area (Å²) in [7, 11) is 3.73. The molecule has 1 N–H and O–H groups in total. The van der Waals surface area contributed by atoms with Gasteiger partial charge in [0, 0.05) is 19.2 Å². The van der Waals surface area contributed by atoms with Gasteiger partial charge in [-0.3, -0.25) is 0 Å². The van der Waals surface area contributed by atoms with E-state index >= 15 is 0 Å². The van der Waals surface area contributed by atoms with Crippen LogP contribution in [0.15, 0.2) is 41.0 Å². The first-order valence-electron chi connectivity index (χ1n) is 6.86. The fourth-order valence-electron chi connectivity index (χ4n) is 2.17. The molecule has 0 fully saturated rings. The van der Waals surface area contributed by atoms with E-state index < -0.39 is 0 Å². The standard InChI is InChI=1S/C16H22N2O2/c1-4-17-11-13-9-10-20-16(13)12-18(2)14-7-5-6-8-15(14)19-3/h5-10,17H,4,11-12H2,1-3H3. The highest BCUT2D eigenvalue weighted by atomic mass is 16.5. The summed E-state index contributed by atoms with van der Waals surface area (Å²) in [6.45, 7) is 4.60. The second-order valence-electron chi connectivity index (χ2n) is 4.68. The van der Waals surface area contributed by atoms with Gasteiger partial charge in [-0.2, -0.15) is 0 Å². The van der Waals surface area contributed by atoms with Gasteiger partial charge in [-0.25, -0.2) is 0 Å². The van der Waals surface area contributed by atoms with Gasteiger partial charge in [-0.15, -0.1) is 0 Å². The first kappa shape index (κ1) is 14.5. The van der Waals surface area contributed by atoms with Crippen LogP contribution in [0.1, 0.15) is 18.2 Å². The van der Waals surface area contributed by atoms with E-state index in [0.29, 0.717) is 6.54 Å². The summed E-state index contributed by atoms with van der Waals surface area (Å²) in [4.78, 5) is 2.13. The number of nitrogens with one attached hydrogen (secondary N) is 1. The SMILES string of the molecule is CCNCc1ccoc1CN(C)c1ccccc1OC. The second-order valence-corrected chi connectivity index (χ2v) is 4.68. The summed E-state index contributed by atoms with van der Waals surface area (Å²) >= 11 is 0. The van der Waals surface area contributed by atoms with Crippen molar-refractivity contribution in [3.05, 3.63) is 47.9 Å². The van der Waals surface area contributed by atoms with E-state index in [1.54, 1.807) is 13.4 Å². The number of ether oxygens (including phenoxy) is 1. The fraction of sp³-hybridized carbons (Fsp3) is 0.375. The summed E-state index contributed by atoms with van der Waals surface area (Å²) < 4.78 is 11.0. The number of hydrogen-bond donors (Lipinski definition) is 1. The third-order valence-corrected chi connectivity index (χ3v) is 3.28. The number of hydrogen-bond acceptors (Lipinski definition) is 4. The van der Waals surface area contributed by atoms with Crippen LogP contribution >= 0.6 is 0 Å². The maximum absolute atomic E-state index is 5.60. The number of nitrogens with zero attached hydrogens (tertiary/aromatic N) is 1. The Morgan fingerprint density at radius 2 is 2.05 bits per heavy atom. The van der Waals surface area contributed by atoms with Crippen LogP contribution in [0.25, 0.3) is 0 Å². The summed E-state index contributed by atoms with van der Waals surface area (Å²) in [5, 5.41) is 3.32. The number of benzene rings is 1. The molecule has 0 aliphatic rings. The molecule has 0 saturated carbocycles. The normalized spacial score (nSPS) is 10.6. The Kier molecular flexibility index (Phi) is 5.07. The van der Waals surface area contributed by atoms with Gasteiger partial charge < -0.3 is 19.4 Å². The molecule has 20 heavy (non-hydrogen) atoms. The molecule has 4 heteroatoms. The summed E-state index contributed by atoms with van der Waals surface area (Å²) in [5.74, 6) is 1.86. The summed E-state index contributed by atoms with van der Waals surface area (Å²) in [5.41, 5.74) is 2.26. The average Bonchev–Trinajstić information content (AvgIpc) is 2.92. The first-order valence-corrected chi connectivity index (χ1v) is 6.86. The predicted octanol–water partition coefficient (Wildman–Crippen LogP) is 3.03. The zero-order valence-corrected chi connectivity index (χ0v) is 12.3. The molecule has 4 nitrogen and oxygen atoms in total. The van der Waals surface area contributed by atoms with Crippen molar-refractivity contribution in [2.75, 3.05) is 25.6 Å². The zero-order chi connectivity index (χ0) is 14.4. The monoisotopic (exact) mass is 274 g/mol.